The second-order valence-corrected chi connectivity index (χ2v) is 4.53. The normalized spacial score (nSPS) is 27.9. The third-order valence-corrected chi connectivity index (χ3v) is 3.19. The van der Waals surface area contributed by atoms with Crippen molar-refractivity contribution >= 4 is 0 Å². The molecule has 1 rings (SSSR count). The first-order valence-electron chi connectivity index (χ1n) is 6.22. The number of hydrogen-bond acceptors (Lipinski definition) is 2. The first kappa shape index (κ1) is 12.7. The van der Waals surface area contributed by atoms with Crippen LogP contribution in [0.1, 0.15) is 46.5 Å². The van der Waals surface area contributed by atoms with Crippen molar-refractivity contribution in [3.63, 3.8) is 0 Å². The molecular weight excluding hydrogens is 186 g/mol. The zero-order valence-corrected chi connectivity index (χ0v) is 10.4. The molecule has 0 saturated carbocycles. The summed E-state index contributed by atoms with van der Waals surface area (Å²) in [6.07, 6.45) is 5.35. The summed E-state index contributed by atoms with van der Waals surface area (Å²) in [6.45, 7) is 11.6. The number of rotatable bonds is 6. The van der Waals surface area contributed by atoms with Crippen LogP contribution in [-0.4, -0.2) is 24.8 Å². The van der Waals surface area contributed by atoms with Gasteiger partial charge < -0.3 is 10.1 Å². The van der Waals surface area contributed by atoms with Gasteiger partial charge in [-0.1, -0.05) is 26.0 Å². The third kappa shape index (κ3) is 3.96. The molecule has 0 spiro atoms. The van der Waals surface area contributed by atoms with Crippen molar-refractivity contribution in [2.24, 2.45) is 0 Å². The average Bonchev–Trinajstić information content (AvgIpc) is 2.64. The minimum atomic E-state index is 0.392. The summed E-state index contributed by atoms with van der Waals surface area (Å²) in [5, 5.41) is 3.52. The van der Waals surface area contributed by atoms with Gasteiger partial charge >= 0.3 is 0 Å². The summed E-state index contributed by atoms with van der Waals surface area (Å²) in [5.74, 6) is 0. The molecule has 0 aromatic heterocycles. The van der Waals surface area contributed by atoms with E-state index in [2.05, 4.69) is 32.7 Å². The summed E-state index contributed by atoms with van der Waals surface area (Å²) in [6, 6.07) is 0.465. The van der Waals surface area contributed by atoms with Gasteiger partial charge in [0.05, 0.1) is 12.2 Å². The van der Waals surface area contributed by atoms with Gasteiger partial charge in [-0.05, 0) is 39.2 Å². The summed E-state index contributed by atoms with van der Waals surface area (Å²) in [7, 11) is 0. The Hall–Kier alpha value is -0.340. The van der Waals surface area contributed by atoms with Crippen molar-refractivity contribution in [1.82, 2.24) is 5.32 Å². The quantitative estimate of drug-likeness (QED) is 0.682. The number of likely N-dealkylation sites (N-methyl/N-ethyl adjacent to an activating group) is 1. The van der Waals surface area contributed by atoms with Gasteiger partial charge in [0, 0.05) is 6.04 Å². The maximum atomic E-state index is 5.92. The fourth-order valence-electron chi connectivity index (χ4n) is 2.18. The summed E-state index contributed by atoms with van der Waals surface area (Å²) in [5.41, 5.74) is 1.32. The highest BCUT2D eigenvalue weighted by atomic mass is 16.5. The van der Waals surface area contributed by atoms with Crippen molar-refractivity contribution in [2.75, 3.05) is 6.54 Å². The number of ether oxygens (including phenoxy) is 1. The van der Waals surface area contributed by atoms with Gasteiger partial charge in [0.15, 0.2) is 0 Å². The fourth-order valence-corrected chi connectivity index (χ4v) is 2.18. The summed E-state index contributed by atoms with van der Waals surface area (Å²) < 4.78 is 5.92. The van der Waals surface area contributed by atoms with E-state index in [1.54, 1.807) is 0 Å². The molecule has 1 aliphatic rings. The standard InChI is InChI=1S/C13H25NO/c1-5-10(3)9-12(14-6-2)13-8-7-11(4)15-13/h11-14H,3,5-9H2,1-2,4H3. The fraction of sp³-hybridized carbons (Fsp3) is 0.846. The second-order valence-electron chi connectivity index (χ2n) is 4.53. The van der Waals surface area contributed by atoms with Crippen molar-refractivity contribution in [1.29, 1.82) is 0 Å². The Morgan fingerprint density at radius 1 is 1.47 bits per heavy atom. The van der Waals surface area contributed by atoms with Crippen LogP contribution in [-0.2, 0) is 4.74 Å². The Kier molecular flexibility index (Phi) is 5.34. The lowest BCUT2D eigenvalue weighted by Gasteiger charge is -2.25. The van der Waals surface area contributed by atoms with Crippen molar-refractivity contribution in [3.05, 3.63) is 12.2 Å². The first-order valence-corrected chi connectivity index (χ1v) is 6.22. The molecular formula is C13H25NO. The van der Waals surface area contributed by atoms with Crippen LogP contribution in [0.2, 0.25) is 0 Å². The molecule has 2 nitrogen and oxygen atoms in total. The van der Waals surface area contributed by atoms with E-state index in [0.717, 1.165) is 19.4 Å². The van der Waals surface area contributed by atoms with Crippen LogP contribution in [0, 0.1) is 0 Å². The molecule has 1 N–H and O–H groups in total. The van der Waals surface area contributed by atoms with Crippen LogP contribution in [0.4, 0.5) is 0 Å². The minimum absolute atomic E-state index is 0.392. The van der Waals surface area contributed by atoms with Crippen LogP contribution in [0.3, 0.4) is 0 Å². The van der Waals surface area contributed by atoms with Crippen molar-refractivity contribution in [2.45, 2.75) is 64.7 Å². The molecule has 0 bridgehead atoms. The molecule has 0 aromatic carbocycles. The zero-order valence-electron chi connectivity index (χ0n) is 10.4. The summed E-state index contributed by atoms with van der Waals surface area (Å²) in [4.78, 5) is 0. The van der Waals surface area contributed by atoms with Gasteiger partial charge in [0.2, 0.25) is 0 Å². The molecule has 0 aromatic rings. The summed E-state index contributed by atoms with van der Waals surface area (Å²) >= 11 is 0. The van der Waals surface area contributed by atoms with Gasteiger partial charge in [0.25, 0.3) is 0 Å². The van der Waals surface area contributed by atoms with E-state index in [-0.39, 0.29) is 0 Å². The maximum absolute atomic E-state index is 5.92. The lowest BCUT2D eigenvalue weighted by atomic mass is 9.99. The van der Waals surface area contributed by atoms with Gasteiger partial charge in [-0.15, -0.1) is 0 Å². The molecule has 0 aliphatic carbocycles. The molecule has 3 unspecified atom stereocenters. The first-order chi connectivity index (χ1) is 7.17. The SMILES string of the molecule is C=C(CC)CC(NCC)C1CCC(C)O1. The minimum Gasteiger partial charge on any atom is -0.374 e. The van der Waals surface area contributed by atoms with Gasteiger partial charge in [-0.2, -0.15) is 0 Å². The molecule has 2 heteroatoms. The second kappa shape index (κ2) is 6.29. The zero-order chi connectivity index (χ0) is 11.3. The third-order valence-electron chi connectivity index (χ3n) is 3.19. The van der Waals surface area contributed by atoms with Crippen LogP contribution >= 0.6 is 0 Å². The van der Waals surface area contributed by atoms with Crippen LogP contribution < -0.4 is 5.32 Å². The molecule has 15 heavy (non-hydrogen) atoms. The van der Waals surface area contributed by atoms with E-state index in [9.17, 15) is 0 Å². The molecule has 0 amide bonds. The van der Waals surface area contributed by atoms with Crippen molar-refractivity contribution in [3.8, 4) is 0 Å². The van der Waals surface area contributed by atoms with Crippen LogP contribution in [0.25, 0.3) is 0 Å². The Morgan fingerprint density at radius 2 is 2.20 bits per heavy atom. The highest BCUT2D eigenvalue weighted by molar-refractivity contribution is 4.99. The van der Waals surface area contributed by atoms with E-state index in [1.165, 1.54) is 18.4 Å². The highest BCUT2D eigenvalue weighted by Crippen LogP contribution is 2.24. The van der Waals surface area contributed by atoms with Crippen molar-refractivity contribution < 1.29 is 4.74 Å². The molecule has 88 valence electrons. The molecule has 1 aliphatic heterocycles. The van der Waals surface area contributed by atoms with E-state index >= 15 is 0 Å². The van der Waals surface area contributed by atoms with E-state index < -0.39 is 0 Å². The molecule has 1 heterocycles. The molecule has 1 saturated heterocycles. The van der Waals surface area contributed by atoms with E-state index in [4.69, 9.17) is 4.74 Å². The average molecular weight is 211 g/mol. The Bertz CT molecular complexity index is 203. The number of hydrogen-bond donors (Lipinski definition) is 1. The van der Waals surface area contributed by atoms with Gasteiger partial charge in [-0.3, -0.25) is 0 Å². The largest absolute Gasteiger partial charge is 0.374 e. The van der Waals surface area contributed by atoms with Gasteiger partial charge in [0.1, 0.15) is 0 Å². The topological polar surface area (TPSA) is 21.3 Å². The van der Waals surface area contributed by atoms with E-state index in [0.29, 0.717) is 18.2 Å². The Morgan fingerprint density at radius 3 is 2.67 bits per heavy atom. The predicted molar refractivity (Wildman–Crippen MR) is 65.1 cm³/mol. The number of nitrogens with one attached hydrogen (secondary N) is 1. The van der Waals surface area contributed by atoms with E-state index in [1.807, 2.05) is 0 Å². The van der Waals surface area contributed by atoms with Crippen LogP contribution in [0.15, 0.2) is 12.2 Å². The molecule has 1 fully saturated rings. The predicted octanol–water partition coefficient (Wildman–Crippen LogP) is 2.89. The molecule has 0 radical (unpaired) electrons. The lowest BCUT2D eigenvalue weighted by Crippen LogP contribution is -2.40. The monoisotopic (exact) mass is 211 g/mol. The smallest absolute Gasteiger partial charge is 0.0735 e. The lowest BCUT2D eigenvalue weighted by molar-refractivity contribution is 0.0323. The highest BCUT2D eigenvalue weighted by Gasteiger charge is 2.28. The Balaban J connectivity index is 2.45. The molecule has 3 atom stereocenters. The Labute approximate surface area is 94.1 Å². The maximum Gasteiger partial charge on any atom is 0.0735 e. The van der Waals surface area contributed by atoms with Crippen LogP contribution in [0.5, 0.6) is 0 Å². The van der Waals surface area contributed by atoms with Gasteiger partial charge in [-0.25, -0.2) is 0 Å².